The van der Waals surface area contributed by atoms with Gasteiger partial charge >= 0.3 is 0 Å². The fraction of sp³-hybridized carbons (Fsp3) is 0.474. The van der Waals surface area contributed by atoms with Crippen LogP contribution in [-0.2, 0) is 17.8 Å². The van der Waals surface area contributed by atoms with Crippen molar-refractivity contribution in [2.75, 3.05) is 26.2 Å². The normalized spacial score (nSPS) is 16.4. The number of hydrogen-bond acceptors (Lipinski definition) is 5. The summed E-state index contributed by atoms with van der Waals surface area (Å²) in [6.45, 7) is 7.88. The Balaban J connectivity index is 1.50. The zero-order valence-corrected chi connectivity index (χ0v) is 18.6. The molecule has 1 fully saturated rings. The summed E-state index contributed by atoms with van der Waals surface area (Å²) in [5, 5.41) is 3.93. The second kappa shape index (κ2) is 9.37. The van der Waals surface area contributed by atoms with Gasteiger partial charge in [0.25, 0.3) is 5.91 Å². The molecule has 0 N–H and O–H groups in total. The third-order valence-electron chi connectivity index (χ3n) is 4.52. The van der Waals surface area contributed by atoms with E-state index >= 15 is 0 Å². The van der Waals surface area contributed by atoms with Crippen LogP contribution in [0.5, 0.6) is 5.75 Å². The fourth-order valence-corrected chi connectivity index (χ4v) is 4.52. The molecule has 8 heteroatoms. The molecule has 0 saturated carbocycles. The van der Waals surface area contributed by atoms with E-state index in [9.17, 15) is 4.79 Å². The van der Waals surface area contributed by atoms with Gasteiger partial charge in [-0.25, -0.2) is 4.98 Å². The number of halogens is 2. The predicted molar refractivity (Wildman–Crippen MR) is 113 cm³/mol. The van der Waals surface area contributed by atoms with Crippen LogP contribution in [0.4, 0.5) is 0 Å². The second-order valence-electron chi connectivity index (χ2n) is 6.52. The first-order valence-electron chi connectivity index (χ1n) is 9.02. The number of nitrogens with zero attached hydrogens (tertiary/aromatic N) is 3. The van der Waals surface area contributed by atoms with E-state index in [2.05, 4.69) is 38.1 Å². The van der Waals surface area contributed by atoms with E-state index in [0.29, 0.717) is 23.9 Å². The van der Waals surface area contributed by atoms with Crippen molar-refractivity contribution < 1.29 is 9.53 Å². The van der Waals surface area contributed by atoms with E-state index in [1.54, 1.807) is 36.5 Å². The van der Waals surface area contributed by atoms with Crippen molar-refractivity contribution in [2.45, 2.75) is 32.9 Å². The molecule has 0 radical (unpaired) electrons. The number of thiazole rings is 1. The summed E-state index contributed by atoms with van der Waals surface area (Å²) in [4.78, 5) is 21.6. The second-order valence-corrected chi connectivity index (χ2v) is 8.76. The molecule has 1 aliphatic heterocycles. The topological polar surface area (TPSA) is 45.7 Å². The van der Waals surface area contributed by atoms with Crippen molar-refractivity contribution in [3.8, 4) is 5.75 Å². The Morgan fingerprint density at radius 1 is 1.37 bits per heavy atom. The van der Waals surface area contributed by atoms with E-state index in [1.165, 1.54) is 5.01 Å². The van der Waals surface area contributed by atoms with Crippen molar-refractivity contribution in [2.24, 2.45) is 0 Å². The van der Waals surface area contributed by atoms with Gasteiger partial charge in [-0.2, -0.15) is 0 Å². The van der Waals surface area contributed by atoms with Crippen LogP contribution in [-0.4, -0.2) is 53.0 Å². The molecule has 0 bridgehead atoms. The minimum atomic E-state index is -0.542. The largest absolute Gasteiger partial charge is 0.480 e. The number of benzene rings is 1. The Morgan fingerprint density at radius 3 is 2.74 bits per heavy atom. The first-order chi connectivity index (χ1) is 13.0. The number of carbonyl (C=O) groups is 1. The van der Waals surface area contributed by atoms with Gasteiger partial charge in [0.1, 0.15) is 5.75 Å². The smallest absolute Gasteiger partial charge is 0.263 e. The first-order valence-corrected chi connectivity index (χ1v) is 11.1. The minimum Gasteiger partial charge on any atom is -0.480 e. The number of aromatic nitrogens is 1. The van der Waals surface area contributed by atoms with Crippen molar-refractivity contribution in [1.82, 2.24) is 14.8 Å². The summed E-state index contributed by atoms with van der Waals surface area (Å²) in [6, 6.07) is 5.28. The molecule has 2 aromatic rings. The molecule has 0 spiro atoms. The quantitative estimate of drug-likeness (QED) is 0.631. The Morgan fingerprint density at radius 2 is 2.11 bits per heavy atom. The molecule has 1 saturated heterocycles. The highest BCUT2D eigenvalue weighted by Crippen LogP contribution is 2.29. The maximum atomic E-state index is 12.7. The van der Waals surface area contributed by atoms with Gasteiger partial charge < -0.3 is 9.64 Å². The lowest BCUT2D eigenvalue weighted by atomic mass is 10.2. The lowest BCUT2D eigenvalue weighted by Crippen LogP contribution is -2.51. The lowest BCUT2D eigenvalue weighted by Gasteiger charge is -2.35. The number of amides is 1. The Labute approximate surface area is 177 Å². The van der Waals surface area contributed by atoms with E-state index in [-0.39, 0.29) is 5.91 Å². The third-order valence-corrected chi connectivity index (χ3v) is 6.41. The molecule has 1 aromatic carbocycles. The van der Waals surface area contributed by atoms with Crippen molar-refractivity contribution in [1.29, 1.82) is 0 Å². The predicted octanol–water partition coefficient (Wildman–Crippen LogP) is 4.23. The van der Waals surface area contributed by atoms with Gasteiger partial charge in [0.05, 0.1) is 15.2 Å². The van der Waals surface area contributed by atoms with Gasteiger partial charge in [-0.1, -0.05) is 18.5 Å². The summed E-state index contributed by atoms with van der Waals surface area (Å²) < 4.78 is 6.58. The molecule has 1 aliphatic rings. The molecule has 3 rings (SSSR count). The van der Waals surface area contributed by atoms with E-state index in [4.69, 9.17) is 16.3 Å². The molecule has 5 nitrogen and oxygen atoms in total. The van der Waals surface area contributed by atoms with Crippen LogP contribution in [0, 0.1) is 0 Å². The summed E-state index contributed by atoms with van der Waals surface area (Å²) in [7, 11) is 0. The summed E-state index contributed by atoms with van der Waals surface area (Å²) in [6.07, 6.45) is 0.439. The molecule has 1 unspecified atom stereocenters. The van der Waals surface area contributed by atoms with Gasteiger partial charge in [-0.05, 0) is 47.5 Å². The summed E-state index contributed by atoms with van der Waals surface area (Å²) in [5.41, 5.74) is 1.13. The average Bonchev–Trinajstić information content (AvgIpc) is 3.11. The monoisotopic (exact) mass is 471 g/mol. The number of aryl methyl sites for hydroxylation is 1. The zero-order valence-electron chi connectivity index (χ0n) is 15.5. The van der Waals surface area contributed by atoms with Gasteiger partial charge in [0.15, 0.2) is 6.10 Å². The van der Waals surface area contributed by atoms with E-state index in [0.717, 1.165) is 36.2 Å². The molecule has 2 heterocycles. The molecule has 0 aliphatic carbocycles. The zero-order chi connectivity index (χ0) is 19.4. The fourth-order valence-electron chi connectivity index (χ4n) is 3.01. The molecule has 1 aromatic heterocycles. The van der Waals surface area contributed by atoms with Gasteiger partial charge in [-0.3, -0.25) is 9.69 Å². The maximum Gasteiger partial charge on any atom is 0.263 e. The van der Waals surface area contributed by atoms with Crippen molar-refractivity contribution in [3.05, 3.63) is 43.8 Å². The van der Waals surface area contributed by atoms with Crippen molar-refractivity contribution in [3.63, 3.8) is 0 Å². The Kier molecular flexibility index (Phi) is 7.14. The van der Waals surface area contributed by atoms with Crippen LogP contribution in [0.1, 0.15) is 24.5 Å². The lowest BCUT2D eigenvalue weighted by molar-refractivity contribution is -0.139. The first kappa shape index (κ1) is 20.6. The molecular formula is C19H23BrClN3O2S. The van der Waals surface area contributed by atoms with E-state index < -0.39 is 6.10 Å². The number of piperazine rings is 1. The number of carbonyl (C=O) groups excluding carboxylic acids is 1. The van der Waals surface area contributed by atoms with Crippen LogP contribution >= 0.6 is 38.9 Å². The molecule has 1 amide bonds. The molecule has 1 atom stereocenters. The highest BCUT2D eigenvalue weighted by Gasteiger charge is 2.26. The molecular weight excluding hydrogens is 450 g/mol. The average molecular weight is 473 g/mol. The summed E-state index contributed by atoms with van der Waals surface area (Å²) in [5.74, 6) is 0.632. The van der Waals surface area contributed by atoms with Crippen LogP contribution in [0.3, 0.4) is 0 Å². The maximum absolute atomic E-state index is 12.7. The number of ether oxygens (including phenoxy) is 1. The van der Waals surface area contributed by atoms with Gasteiger partial charge in [-0.15, -0.1) is 11.3 Å². The molecule has 27 heavy (non-hydrogen) atoms. The van der Waals surface area contributed by atoms with Gasteiger partial charge in [0, 0.05) is 43.1 Å². The van der Waals surface area contributed by atoms with Crippen LogP contribution in [0.2, 0.25) is 5.02 Å². The van der Waals surface area contributed by atoms with Crippen LogP contribution < -0.4 is 4.74 Å². The van der Waals surface area contributed by atoms with Crippen LogP contribution in [0.15, 0.2) is 28.1 Å². The Bertz CT molecular complexity index is 793. The number of hydrogen-bond donors (Lipinski definition) is 0. The van der Waals surface area contributed by atoms with Crippen LogP contribution in [0.25, 0.3) is 0 Å². The number of rotatable bonds is 6. The highest BCUT2D eigenvalue weighted by molar-refractivity contribution is 9.10. The molecule has 146 valence electrons. The Hall–Kier alpha value is -1.15. The highest BCUT2D eigenvalue weighted by atomic mass is 79.9. The minimum absolute atomic E-state index is 0.0124. The third kappa shape index (κ3) is 5.44. The standard InChI is InChI=1S/C19H23BrClN3O2S/c1-3-18-22-15(12-27-18)11-23-6-8-24(9-7-23)19(25)13(2)26-17-5-4-14(21)10-16(17)20/h4-5,10,12-13H,3,6-9,11H2,1-2H3. The summed E-state index contributed by atoms with van der Waals surface area (Å²) >= 11 is 11.1. The van der Waals surface area contributed by atoms with E-state index in [1.807, 2.05) is 4.90 Å². The van der Waals surface area contributed by atoms with Crippen molar-refractivity contribution >= 4 is 44.8 Å². The van der Waals surface area contributed by atoms with Gasteiger partial charge in [0.2, 0.25) is 0 Å². The SMILES string of the molecule is CCc1nc(CN2CCN(C(=O)C(C)Oc3ccc(Cl)cc3Br)CC2)cs1.